The van der Waals surface area contributed by atoms with Crippen molar-refractivity contribution in [3.63, 3.8) is 0 Å². The maximum atomic E-state index is 11.3. The lowest BCUT2D eigenvalue weighted by Gasteiger charge is -2.01. The van der Waals surface area contributed by atoms with Gasteiger partial charge in [0.05, 0.1) is 6.54 Å². The Morgan fingerprint density at radius 2 is 1.89 bits per heavy atom. The fraction of sp³-hybridized carbons (Fsp3) is 0.600. The number of hydrogen-bond donors (Lipinski definition) is 1. The van der Waals surface area contributed by atoms with Crippen molar-refractivity contribution in [1.29, 1.82) is 0 Å². The predicted octanol–water partition coefficient (Wildman–Crippen LogP) is -0.614. The van der Waals surface area contributed by atoms with E-state index in [0.717, 1.165) is 23.8 Å². The van der Waals surface area contributed by atoms with E-state index in [9.17, 15) is 19.2 Å². The van der Waals surface area contributed by atoms with E-state index in [2.05, 4.69) is 9.41 Å². The van der Waals surface area contributed by atoms with Gasteiger partial charge in [-0.3, -0.25) is 0 Å². The average molecular weight is 255 g/mol. The summed E-state index contributed by atoms with van der Waals surface area (Å²) in [6.45, 7) is 0.624. The Kier molecular flexibility index (Phi) is 5.53. The number of unbranched alkanes of at least 4 members (excludes halogenated alkanes) is 3. The number of aromatic nitrogens is 2. The molecule has 0 unspecified atom stereocenters. The summed E-state index contributed by atoms with van der Waals surface area (Å²) in [6.07, 6.45) is 4.40. The maximum absolute atomic E-state index is 11.3. The van der Waals surface area contributed by atoms with Crippen molar-refractivity contribution in [2.24, 2.45) is 4.99 Å². The number of hydrogen-bond acceptors (Lipinski definition) is 6. The third kappa shape index (κ3) is 4.34. The highest BCUT2D eigenvalue weighted by Gasteiger charge is 2.03. The van der Waals surface area contributed by atoms with Gasteiger partial charge in [-0.1, -0.05) is 12.8 Å². The summed E-state index contributed by atoms with van der Waals surface area (Å²) in [6, 6.07) is 0. The molecule has 0 spiro atoms. The molecule has 0 aliphatic rings. The molecule has 8 nitrogen and oxygen atoms in total. The van der Waals surface area contributed by atoms with Crippen LogP contribution in [0.1, 0.15) is 25.7 Å². The van der Waals surface area contributed by atoms with E-state index >= 15 is 0 Å². The molecule has 0 amide bonds. The molecule has 0 saturated heterocycles. The summed E-state index contributed by atoms with van der Waals surface area (Å²) in [5.41, 5.74) is -0.762. The van der Waals surface area contributed by atoms with Gasteiger partial charge in [-0.15, -0.1) is 0 Å². The molecule has 1 heterocycles. The number of aliphatic imine (C=N–C) groups is 1. The second-order valence-corrected chi connectivity index (χ2v) is 3.62. The van der Waals surface area contributed by atoms with E-state index in [1.54, 1.807) is 0 Å². The van der Waals surface area contributed by atoms with Gasteiger partial charge in [0.1, 0.15) is 0 Å². The van der Waals surface area contributed by atoms with Crippen LogP contribution in [0.15, 0.2) is 23.8 Å². The lowest BCUT2D eigenvalue weighted by Crippen LogP contribution is -2.39. The van der Waals surface area contributed by atoms with Gasteiger partial charge in [0.15, 0.2) is 0 Å². The minimum absolute atomic E-state index is 0.189. The molecule has 1 aromatic heterocycles. The van der Waals surface area contributed by atoms with E-state index in [1.165, 1.54) is 6.08 Å². The summed E-state index contributed by atoms with van der Waals surface area (Å²) in [7, 11) is 0. The highest BCUT2D eigenvalue weighted by molar-refractivity contribution is 5.32. The van der Waals surface area contributed by atoms with Gasteiger partial charge in [-0.2, -0.15) is 0 Å². The van der Waals surface area contributed by atoms with Gasteiger partial charge < -0.3 is 4.42 Å². The van der Waals surface area contributed by atoms with Crippen molar-refractivity contribution < 1.29 is 9.21 Å². The van der Waals surface area contributed by atoms with E-state index < -0.39 is 17.2 Å². The van der Waals surface area contributed by atoms with Crippen LogP contribution in [0.25, 0.3) is 0 Å². The Bertz CT molecular complexity index is 556. The smallest absolute Gasteiger partial charge is 0.359 e. The number of aromatic amines is 1. The number of H-pyrrole nitrogens is 1. The zero-order valence-corrected chi connectivity index (χ0v) is 9.68. The number of isocyanates is 1. The van der Waals surface area contributed by atoms with Crippen molar-refractivity contribution >= 4 is 6.08 Å². The molecule has 1 rings (SSSR count). The molecule has 8 heteroatoms. The molecule has 18 heavy (non-hydrogen) atoms. The number of rotatable bonds is 7. The highest BCUT2D eigenvalue weighted by Crippen LogP contribution is 2.00. The van der Waals surface area contributed by atoms with E-state index in [0.29, 0.717) is 13.0 Å². The first kappa shape index (κ1) is 13.9. The number of nitrogens with zero attached hydrogens (tertiary/aromatic N) is 2. The lowest BCUT2D eigenvalue weighted by atomic mass is 10.2. The minimum atomic E-state index is -1.05. The van der Waals surface area contributed by atoms with Crippen LogP contribution in [0.3, 0.4) is 0 Å². The van der Waals surface area contributed by atoms with Gasteiger partial charge in [0, 0.05) is 6.54 Å². The van der Waals surface area contributed by atoms with Crippen molar-refractivity contribution in [3.05, 3.63) is 31.6 Å². The van der Waals surface area contributed by atoms with Crippen LogP contribution in [0.5, 0.6) is 0 Å². The van der Waals surface area contributed by atoms with Crippen LogP contribution >= 0.6 is 0 Å². The van der Waals surface area contributed by atoms with Gasteiger partial charge in [-0.05, 0) is 12.8 Å². The number of nitrogens with one attached hydrogen (secondary N) is 1. The minimum Gasteiger partial charge on any atom is -0.359 e. The first-order valence-corrected chi connectivity index (χ1v) is 5.53. The second-order valence-electron chi connectivity index (χ2n) is 3.62. The lowest BCUT2D eigenvalue weighted by molar-refractivity contribution is 0.359. The maximum Gasteiger partial charge on any atom is 0.427 e. The Hall–Kier alpha value is -2.21. The molecular formula is C10H13N3O5. The summed E-state index contributed by atoms with van der Waals surface area (Å²) >= 11 is 0. The fourth-order valence-electron chi connectivity index (χ4n) is 1.45. The van der Waals surface area contributed by atoms with E-state index in [-0.39, 0.29) is 6.54 Å². The fourth-order valence-corrected chi connectivity index (χ4v) is 1.45. The van der Waals surface area contributed by atoms with Crippen LogP contribution in [0.4, 0.5) is 0 Å². The molecule has 1 N–H and O–H groups in total. The van der Waals surface area contributed by atoms with Crippen LogP contribution in [0, 0.1) is 0 Å². The number of carbonyl (C=O) groups excluding carboxylic acids is 1. The SMILES string of the molecule is O=C=NCCCCCCn1c(=O)[nH]c(=O)oc1=O. The van der Waals surface area contributed by atoms with Crippen molar-refractivity contribution in [1.82, 2.24) is 9.55 Å². The van der Waals surface area contributed by atoms with Gasteiger partial charge in [0.2, 0.25) is 6.08 Å². The van der Waals surface area contributed by atoms with Crippen LogP contribution in [-0.2, 0) is 11.3 Å². The monoisotopic (exact) mass is 255 g/mol. The molecule has 0 bridgehead atoms. The molecule has 0 radical (unpaired) electrons. The van der Waals surface area contributed by atoms with Crippen LogP contribution in [-0.4, -0.2) is 22.2 Å². The third-order valence-corrected chi connectivity index (χ3v) is 2.32. The van der Waals surface area contributed by atoms with E-state index in [4.69, 9.17) is 0 Å². The molecule has 98 valence electrons. The molecule has 0 saturated carbocycles. The average Bonchev–Trinajstić information content (AvgIpc) is 2.30. The zero-order chi connectivity index (χ0) is 13.4. The largest absolute Gasteiger partial charge is 0.427 e. The molecular weight excluding hydrogens is 242 g/mol. The van der Waals surface area contributed by atoms with Crippen LogP contribution < -0.4 is 17.2 Å². The van der Waals surface area contributed by atoms with Crippen molar-refractivity contribution in [2.75, 3.05) is 6.54 Å². The molecule has 0 aromatic carbocycles. The highest BCUT2D eigenvalue weighted by atomic mass is 16.5. The summed E-state index contributed by atoms with van der Waals surface area (Å²) in [4.78, 5) is 48.2. The Morgan fingerprint density at radius 1 is 1.17 bits per heavy atom. The van der Waals surface area contributed by atoms with Crippen LogP contribution in [0.2, 0.25) is 0 Å². The molecule has 0 atom stereocenters. The molecule has 0 aliphatic heterocycles. The Balaban J connectivity index is 2.41. The van der Waals surface area contributed by atoms with Crippen molar-refractivity contribution in [2.45, 2.75) is 32.2 Å². The zero-order valence-electron chi connectivity index (χ0n) is 9.68. The molecule has 0 aliphatic carbocycles. The summed E-state index contributed by atoms with van der Waals surface area (Å²) in [5.74, 6) is -2.00. The van der Waals surface area contributed by atoms with Gasteiger partial charge in [0.25, 0.3) is 0 Å². The first-order chi connectivity index (χ1) is 8.65. The van der Waals surface area contributed by atoms with Gasteiger partial charge in [-0.25, -0.2) is 33.7 Å². The summed E-state index contributed by atoms with van der Waals surface area (Å²) in [5, 5.41) is 0. The van der Waals surface area contributed by atoms with Gasteiger partial charge >= 0.3 is 17.2 Å². The second kappa shape index (κ2) is 7.18. The topological polar surface area (TPSA) is 114 Å². The Morgan fingerprint density at radius 3 is 2.56 bits per heavy atom. The third-order valence-electron chi connectivity index (χ3n) is 2.32. The normalized spacial score (nSPS) is 10.0. The Labute approximate surface area is 101 Å². The molecule has 0 fully saturated rings. The standard InChI is InChI=1S/C10H13N3O5/c14-7-11-5-3-1-2-4-6-13-8(15)12-9(16)18-10(13)17/h1-6H2,(H,12,15,16). The van der Waals surface area contributed by atoms with Crippen molar-refractivity contribution in [3.8, 4) is 0 Å². The first-order valence-electron chi connectivity index (χ1n) is 5.53. The molecule has 1 aromatic rings. The predicted molar refractivity (Wildman–Crippen MR) is 61.3 cm³/mol. The summed E-state index contributed by atoms with van der Waals surface area (Å²) < 4.78 is 5.08. The van der Waals surface area contributed by atoms with E-state index in [1.807, 2.05) is 4.98 Å². The quantitative estimate of drug-likeness (QED) is 0.396.